The predicted molar refractivity (Wildman–Crippen MR) is 84.8 cm³/mol. The molecular formula is C18H22N2O3. The first-order chi connectivity index (χ1) is 11.2. The SMILES string of the molecule is O=C1OC[C@H](Cc2ccccc2)N1C(=O)[C@@H]1CCN2CCC[C@H]12. The molecule has 3 fully saturated rings. The highest BCUT2D eigenvalue weighted by Gasteiger charge is 2.47. The zero-order valence-corrected chi connectivity index (χ0v) is 13.2. The number of carbonyl (C=O) groups excluding carboxylic acids is 2. The highest BCUT2D eigenvalue weighted by Crippen LogP contribution is 2.35. The monoisotopic (exact) mass is 314 g/mol. The average Bonchev–Trinajstić information content (AvgIpc) is 3.24. The average molecular weight is 314 g/mol. The van der Waals surface area contributed by atoms with Gasteiger partial charge in [0.05, 0.1) is 12.0 Å². The predicted octanol–water partition coefficient (Wildman–Crippen LogP) is 2.06. The lowest BCUT2D eigenvalue weighted by atomic mass is 9.95. The summed E-state index contributed by atoms with van der Waals surface area (Å²) >= 11 is 0. The molecule has 4 rings (SSSR count). The standard InChI is InChI=1S/C18H22N2O3/c21-17(15-8-10-19-9-4-7-16(15)19)20-14(12-23-18(20)22)11-13-5-2-1-3-6-13/h1-3,5-6,14-16H,4,7-12H2/t14-,15+,16+/m0/s1. The van der Waals surface area contributed by atoms with E-state index in [9.17, 15) is 9.59 Å². The van der Waals surface area contributed by atoms with Crippen LogP contribution >= 0.6 is 0 Å². The van der Waals surface area contributed by atoms with Crippen LogP contribution in [0.15, 0.2) is 30.3 Å². The minimum Gasteiger partial charge on any atom is -0.447 e. The minimum atomic E-state index is -0.465. The van der Waals surface area contributed by atoms with E-state index in [1.54, 1.807) is 0 Å². The van der Waals surface area contributed by atoms with Gasteiger partial charge in [-0.15, -0.1) is 0 Å². The van der Waals surface area contributed by atoms with E-state index in [0.717, 1.165) is 37.9 Å². The molecule has 23 heavy (non-hydrogen) atoms. The Bertz CT molecular complexity index is 604. The first kappa shape index (κ1) is 14.7. The minimum absolute atomic E-state index is 0.0252. The number of rotatable bonds is 3. The normalized spacial score (nSPS) is 30.5. The molecule has 1 aromatic rings. The van der Waals surface area contributed by atoms with Gasteiger partial charge in [0.1, 0.15) is 6.61 Å². The van der Waals surface area contributed by atoms with Crippen LogP contribution < -0.4 is 0 Å². The molecule has 0 aromatic heterocycles. The van der Waals surface area contributed by atoms with E-state index in [-0.39, 0.29) is 17.9 Å². The molecule has 2 amide bonds. The first-order valence-corrected chi connectivity index (χ1v) is 8.52. The van der Waals surface area contributed by atoms with Gasteiger partial charge in [-0.2, -0.15) is 0 Å². The summed E-state index contributed by atoms with van der Waals surface area (Å²) in [6.45, 7) is 2.38. The fraction of sp³-hybridized carbons (Fsp3) is 0.556. The van der Waals surface area contributed by atoms with Crippen LogP contribution in [0.3, 0.4) is 0 Å². The van der Waals surface area contributed by atoms with Gasteiger partial charge in [-0.25, -0.2) is 9.69 Å². The summed E-state index contributed by atoms with van der Waals surface area (Å²) in [5.74, 6) is -0.0655. The summed E-state index contributed by atoms with van der Waals surface area (Å²) in [5, 5.41) is 0. The van der Waals surface area contributed by atoms with Gasteiger partial charge in [0, 0.05) is 6.04 Å². The first-order valence-electron chi connectivity index (χ1n) is 8.52. The molecule has 0 bridgehead atoms. The number of ether oxygens (including phenoxy) is 1. The summed E-state index contributed by atoms with van der Waals surface area (Å²) in [7, 11) is 0. The Morgan fingerprint density at radius 2 is 2.00 bits per heavy atom. The van der Waals surface area contributed by atoms with E-state index in [1.807, 2.05) is 30.3 Å². The van der Waals surface area contributed by atoms with Crippen molar-refractivity contribution in [3.8, 4) is 0 Å². The number of benzene rings is 1. The summed E-state index contributed by atoms with van der Waals surface area (Å²) in [4.78, 5) is 28.9. The van der Waals surface area contributed by atoms with Gasteiger partial charge in [0.15, 0.2) is 0 Å². The van der Waals surface area contributed by atoms with Gasteiger partial charge >= 0.3 is 6.09 Å². The lowest BCUT2D eigenvalue weighted by Crippen LogP contribution is -2.46. The van der Waals surface area contributed by atoms with Crippen molar-refractivity contribution >= 4 is 12.0 Å². The fourth-order valence-corrected chi connectivity index (χ4v) is 4.32. The summed E-state index contributed by atoms with van der Waals surface area (Å²) in [5.41, 5.74) is 1.13. The quantitative estimate of drug-likeness (QED) is 0.857. The number of amides is 2. The Hall–Kier alpha value is -1.88. The highest BCUT2D eigenvalue weighted by atomic mass is 16.6. The van der Waals surface area contributed by atoms with Gasteiger partial charge in [-0.3, -0.25) is 9.69 Å². The highest BCUT2D eigenvalue weighted by molar-refractivity contribution is 5.95. The van der Waals surface area contributed by atoms with Crippen LogP contribution in [-0.4, -0.2) is 53.6 Å². The number of nitrogens with zero attached hydrogens (tertiary/aromatic N) is 2. The molecule has 3 saturated heterocycles. The van der Waals surface area contributed by atoms with Gasteiger partial charge < -0.3 is 4.74 Å². The van der Waals surface area contributed by atoms with Crippen molar-refractivity contribution in [1.29, 1.82) is 0 Å². The molecule has 5 nitrogen and oxygen atoms in total. The van der Waals surface area contributed by atoms with Crippen LogP contribution in [0.2, 0.25) is 0 Å². The molecule has 3 aliphatic rings. The van der Waals surface area contributed by atoms with Gasteiger partial charge in [0.25, 0.3) is 0 Å². The van der Waals surface area contributed by atoms with E-state index in [0.29, 0.717) is 19.1 Å². The van der Waals surface area contributed by atoms with Gasteiger partial charge in [0.2, 0.25) is 5.91 Å². The molecule has 0 spiro atoms. The van der Waals surface area contributed by atoms with E-state index >= 15 is 0 Å². The van der Waals surface area contributed by atoms with Crippen LogP contribution in [0.5, 0.6) is 0 Å². The zero-order valence-electron chi connectivity index (χ0n) is 13.2. The summed E-state index contributed by atoms with van der Waals surface area (Å²) in [6.07, 6.45) is 3.30. The van der Waals surface area contributed by atoms with Crippen molar-refractivity contribution in [2.24, 2.45) is 5.92 Å². The van der Waals surface area contributed by atoms with Crippen molar-refractivity contribution in [3.63, 3.8) is 0 Å². The molecule has 3 heterocycles. The van der Waals surface area contributed by atoms with Crippen LogP contribution in [-0.2, 0) is 16.0 Å². The molecule has 0 radical (unpaired) electrons. The largest absolute Gasteiger partial charge is 0.447 e. The third-order valence-electron chi connectivity index (χ3n) is 5.44. The Kier molecular flexibility index (Phi) is 3.81. The molecule has 0 N–H and O–H groups in total. The number of imide groups is 1. The number of cyclic esters (lactones) is 1. The Labute approximate surface area is 136 Å². The number of fused-ring (bicyclic) bond motifs is 1. The summed E-state index contributed by atoms with van der Waals surface area (Å²) < 4.78 is 5.19. The lowest BCUT2D eigenvalue weighted by Gasteiger charge is -2.26. The maximum absolute atomic E-state index is 13.0. The van der Waals surface area contributed by atoms with Crippen molar-refractivity contribution in [2.75, 3.05) is 19.7 Å². The van der Waals surface area contributed by atoms with Gasteiger partial charge in [-0.05, 0) is 44.3 Å². The smallest absolute Gasteiger partial charge is 0.416 e. The second kappa shape index (κ2) is 5.96. The van der Waals surface area contributed by atoms with Crippen molar-refractivity contribution in [2.45, 2.75) is 37.8 Å². The van der Waals surface area contributed by atoms with Crippen LogP contribution in [0, 0.1) is 5.92 Å². The Balaban J connectivity index is 1.51. The topological polar surface area (TPSA) is 49.9 Å². The number of carbonyl (C=O) groups is 2. The zero-order chi connectivity index (χ0) is 15.8. The van der Waals surface area contributed by atoms with Crippen molar-refractivity contribution in [1.82, 2.24) is 9.80 Å². The second-order valence-electron chi connectivity index (χ2n) is 6.77. The second-order valence-corrected chi connectivity index (χ2v) is 6.77. The maximum atomic E-state index is 13.0. The molecule has 3 aliphatic heterocycles. The third kappa shape index (κ3) is 2.63. The maximum Gasteiger partial charge on any atom is 0.416 e. The van der Waals surface area contributed by atoms with Crippen LogP contribution in [0.4, 0.5) is 4.79 Å². The van der Waals surface area contributed by atoms with Crippen LogP contribution in [0.1, 0.15) is 24.8 Å². The molecular weight excluding hydrogens is 292 g/mol. The molecule has 0 unspecified atom stereocenters. The molecule has 1 aromatic carbocycles. The molecule has 5 heteroatoms. The molecule has 0 saturated carbocycles. The van der Waals surface area contributed by atoms with Crippen molar-refractivity contribution in [3.05, 3.63) is 35.9 Å². The van der Waals surface area contributed by atoms with E-state index in [1.165, 1.54) is 4.90 Å². The number of hydrogen-bond donors (Lipinski definition) is 0. The molecule has 122 valence electrons. The molecule has 0 aliphatic carbocycles. The Morgan fingerprint density at radius 3 is 2.83 bits per heavy atom. The molecule has 3 atom stereocenters. The van der Waals surface area contributed by atoms with E-state index in [2.05, 4.69) is 4.90 Å². The summed E-state index contributed by atoms with van der Waals surface area (Å²) in [6, 6.07) is 10.1. The van der Waals surface area contributed by atoms with E-state index in [4.69, 9.17) is 4.74 Å². The fourth-order valence-electron chi connectivity index (χ4n) is 4.32. The van der Waals surface area contributed by atoms with Crippen molar-refractivity contribution < 1.29 is 14.3 Å². The lowest BCUT2D eigenvalue weighted by molar-refractivity contribution is -0.134. The van der Waals surface area contributed by atoms with Crippen LogP contribution in [0.25, 0.3) is 0 Å². The van der Waals surface area contributed by atoms with E-state index < -0.39 is 6.09 Å². The third-order valence-corrected chi connectivity index (χ3v) is 5.44. The number of hydrogen-bond acceptors (Lipinski definition) is 4. The van der Waals surface area contributed by atoms with Gasteiger partial charge in [-0.1, -0.05) is 30.3 Å². The Morgan fingerprint density at radius 1 is 1.17 bits per heavy atom.